The maximum Gasteiger partial charge on any atom is 0.475 e. The first-order valence-corrected chi connectivity index (χ1v) is 10.6. The molecule has 1 atom stereocenters. The summed E-state index contributed by atoms with van der Waals surface area (Å²) in [5.74, 6) is -1.07. The monoisotopic (exact) mass is 412 g/mol. The molecule has 0 bridgehead atoms. The lowest BCUT2D eigenvalue weighted by atomic mass is 9.76. The molecular weight excluding hydrogens is 387 g/mol. The van der Waals surface area contributed by atoms with Crippen LogP contribution in [0.1, 0.15) is 30.9 Å². The third-order valence-corrected chi connectivity index (χ3v) is 5.95. The van der Waals surface area contributed by atoms with Gasteiger partial charge in [0.15, 0.2) is 0 Å². The Morgan fingerprint density at radius 2 is 1.93 bits per heavy atom. The van der Waals surface area contributed by atoms with Crippen molar-refractivity contribution in [1.82, 2.24) is 9.88 Å². The van der Waals surface area contributed by atoms with Gasteiger partial charge in [-0.1, -0.05) is 54.7 Å². The lowest BCUT2D eigenvalue weighted by Gasteiger charge is -2.18. The highest BCUT2D eigenvalue weighted by molar-refractivity contribution is 7.16. The molecule has 0 saturated carbocycles. The van der Waals surface area contributed by atoms with Gasteiger partial charge in [-0.05, 0) is 42.5 Å². The molecule has 1 amide bonds. The largest absolute Gasteiger partial charge is 0.475 e. The Kier molecular flexibility index (Phi) is 7.25. The number of para-hydroxylation sites is 1. The second-order valence-corrected chi connectivity index (χ2v) is 8.03. The van der Waals surface area contributed by atoms with E-state index in [1.54, 1.807) is 4.57 Å². The molecule has 0 aliphatic heterocycles. The van der Waals surface area contributed by atoms with Crippen LogP contribution in [0.15, 0.2) is 53.3 Å². The molecule has 3 rings (SSSR count). The summed E-state index contributed by atoms with van der Waals surface area (Å²) in [4.78, 5) is 24.4. The molecule has 1 aromatic heterocycles. The van der Waals surface area contributed by atoms with Crippen molar-refractivity contribution in [3.05, 3.63) is 69.3 Å². The molecule has 0 unspecified atom stereocenters. The number of aryl methyl sites for hydroxylation is 3. The Morgan fingerprint density at radius 1 is 1.17 bits per heavy atom. The normalized spacial score (nSPS) is 12.1. The zero-order chi connectivity index (χ0) is 20.8. The van der Waals surface area contributed by atoms with E-state index < -0.39 is 13.1 Å². The summed E-state index contributed by atoms with van der Waals surface area (Å²) in [5, 5.41) is 22.0. The summed E-state index contributed by atoms with van der Waals surface area (Å²) in [6.45, 7) is 2.34. The highest BCUT2D eigenvalue weighted by atomic mass is 32.1. The summed E-state index contributed by atoms with van der Waals surface area (Å²) in [6.07, 6.45) is 2.07. The zero-order valence-corrected chi connectivity index (χ0v) is 17.2. The number of rotatable bonds is 9. The van der Waals surface area contributed by atoms with Crippen molar-refractivity contribution in [3.63, 3.8) is 0 Å². The number of benzene rings is 2. The van der Waals surface area contributed by atoms with E-state index in [4.69, 9.17) is 0 Å². The Balaban J connectivity index is 1.57. The highest BCUT2D eigenvalue weighted by Crippen LogP contribution is 2.16. The zero-order valence-electron chi connectivity index (χ0n) is 16.4. The first kappa shape index (κ1) is 21.3. The number of thiazole rings is 1. The van der Waals surface area contributed by atoms with Crippen LogP contribution in [0, 0.1) is 0 Å². The van der Waals surface area contributed by atoms with E-state index in [-0.39, 0.29) is 23.7 Å². The van der Waals surface area contributed by atoms with E-state index in [1.165, 1.54) is 5.56 Å². The van der Waals surface area contributed by atoms with Gasteiger partial charge in [-0.2, -0.15) is 0 Å². The first-order valence-electron chi connectivity index (χ1n) is 9.79. The molecule has 0 fully saturated rings. The molecule has 3 N–H and O–H groups in total. The minimum atomic E-state index is -1.64. The number of carbonyl (C=O) groups excluding carboxylic acids is 1. The molecule has 0 radical (unpaired) electrons. The molecular formula is C21H25BN2O4S. The highest BCUT2D eigenvalue weighted by Gasteiger charge is 2.25. The maximum atomic E-state index is 12.4. The number of amides is 1. The van der Waals surface area contributed by atoms with Gasteiger partial charge in [0.05, 0.1) is 16.2 Å². The Labute approximate surface area is 174 Å². The predicted molar refractivity (Wildman–Crippen MR) is 117 cm³/mol. The van der Waals surface area contributed by atoms with Gasteiger partial charge in [0, 0.05) is 13.0 Å². The molecule has 3 aromatic rings. The van der Waals surface area contributed by atoms with Crippen molar-refractivity contribution in [3.8, 4) is 0 Å². The van der Waals surface area contributed by atoms with Gasteiger partial charge < -0.3 is 15.4 Å². The minimum absolute atomic E-state index is 0.0924. The minimum Gasteiger partial charge on any atom is -0.426 e. The molecule has 6 nitrogen and oxygen atoms in total. The molecule has 0 saturated heterocycles. The van der Waals surface area contributed by atoms with Crippen molar-refractivity contribution in [1.29, 1.82) is 0 Å². The Morgan fingerprint density at radius 3 is 2.69 bits per heavy atom. The van der Waals surface area contributed by atoms with E-state index in [0.717, 1.165) is 33.5 Å². The Hall–Kier alpha value is -2.42. The topological polar surface area (TPSA) is 91.6 Å². The molecule has 2 aromatic carbocycles. The molecule has 152 valence electrons. The summed E-state index contributed by atoms with van der Waals surface area (Å²) >= 11 is 1.15. The van der Waals surface area contributed by atoms with Crippen LogP contribution in [-0.4, -0.2) is 33.6 Å². The van der Waals surface area contributed by atoms with Crippen molar-refractivity contribution >= 4 is 34.6 Å². The van der Waals surface area contributed by atoms with Crippen LogP contribution in [0.25, 0.3) is 10.2 Å². The molecule has 0 aliphatic rings. The van der Waals surface area contributed by atoms with Gasteiger partial charge in [0.25, 0.3) is 0 Å². The molecule has 29 heavy (non-hydrogen) atoms. The molecule has 1 heterocycles. The third-order valence-electron chi connectivity index (χ3n) is 4.99. The fourth-order valence-corrected chi connectivity index (χ4v) is 4.26. The van der Waals surface area contributed by atoms with Crippen LogP contribution in [0.3, 0.4) is 0 Å². The van der Waals surface area contributed by atoms with Gasteiger partial charge in [0.1, 0.15) is 0 Å². The van der Waals surface area contributed by atoms with Crippen LogP contribution < -0.4 is 10.2 Å². The number of hydrogen-bond acceptors (Lipinski definition) is 5. The molecule has 8 heteroatoms. The predicted octanol–water partition coefficient (Wildman–Crippen LogP) is 2.15. The van der Waals surface area contributed by atoms with E-state index in [0.29, 0.717) is 12.8 Å². The van der Waals surface area contributed by atoms with Crippen molar-refractivity contribution in [2.24, 2.45) is 0 Å². The van der Waals surface area contributed by atoms with Gasteiger partial charge in [-0.3, -0.25) is 14.2 Å². The van der Waals surface area contributed by atoms with Crippen LogP contribution in [0.4, 0.5) is 0 Å². The van der Waals surface area contributed by atoms with Crippen molar-refractivity contribution in [2.45, 2.75) is 45.1 Å². The third kappa shape index (κ3) is 5.56. The molecule has 0 aliphatic carbocycles. The molecule has 0 spiro atoms. The lowest BCUT2D eigenvalue weighted by Crippen LogP contribution is -2.47. The van der Waals surface area contributed by atoms with E-state index in [1.807, 2.05) is 36.4 Å². The van der Waals surface area contributed by atoms with Gasteiger partial charge >= 0.3 is 12.0 Å². The first-order chi connectivity index (χ1) is 14.0. The van der Waals surface area contributed by atoms with Crippen LogP contribution in [0.5, 0.6) is 0 Å². The van der Waals surface area contributed by atoms with E-state index >= 15 is 0 Å². The summed E-state index contributed by atoms with van der Waals surface area (Å²) < 4.78 is 2.47. The average molecular weight is 412 g/mol. The van der Waals surface area contributed by atoms with Crippen LogP contribution in [-0.2, 0) is 24.2 Å². The number of carbonyl (C=O) groups is 1. The smallest absolute Gasteiger partial charge is 0.426 e. The number of fused-ring (bicyclic) bond motifs is 1. The number of hydrogen-bond donors (Lipinski definition) is 3. The van der Waals surface area contributed by atoms with E-state index in [9.17, 15) is 19.6 Å². The fourth-order valence-electron chi connectivity index (χ4n) is 3.34. The maximum absolute atomic E-state index is 12.4. The van der Waals surface area contributed by atoms with Crippen molar-refractivity contribution < 1.29 is 14.8 Å². The van der Waals surface area contributed by atoms with E-state index in [2.05, 4.69) is 24.4 Å². The average Bonchev–Trinajstić information content (AvgIpc) is 3.04. The summed E-state index contributed by atoms with van der Waals surface area (Å²) in [7, 11) is -1.64. The fraction of sp³-hybridized carbons (Fsp3) is 0.333. The second kappa shape index (κ2) is 9.87. The van der Waals surface area contributed by atoms with Gasteiger partial charge in [-0.25, -0.2) is 0 Å². The quantitative estimate of drug-likeness (QED) is 0.470. The van der Waals surface area contributed by atoms with Gasteiger partial charge in [-0.15, -0.1) is 0 Å². The lowest BCUT2D eigenvalue weighted by molar-refractivity contribution is -0.121. The number of nitrogens with one attached hydrogen (secondary N) is 1. The number of aromatic nitrogens is 1. The Bertz CT molecular complexity index is 1030. The SMILES string of the molecule is CCc1cccc(CC[C@H](NC(=O)CCn2c(=O)sc3ccccc32)B(O)O)c1. The summed E-state index contributed by atoms with van der Waals surface area (Å²) in [5.41, 5.74) is 3.13. The number of nitrogens with zero attached hydrogens (tertiary/aromatic N) is 1. The summed E-state index contributed by atoms with van der Waals surface area (Å²) in [6, 6.07) is 15.6. The van der Waals surface area contributed by atoms with Gasteiger partial charge in [0.2, 0.25) is 5.91 Å². The van der Waals surface area contributed by atoms with Crippen LogP contribution >= 0.6 is 11.3 Å². The second-order valence-electron chi connectivity index (χ2n) is 7.04. The standard InChI is InChI=1S/C21H25BN2O4S/c1-2-15-6-5-7-16(14-15)10-11-19(22(27)28)23-20(25)12-13-24-17-8-3-4-9-18(17)29-21(24)26/h3-9,14,19,27-28H,2,10-13H2,1H3,(H,23,25)/t19-/m0/s1. The van der Waals surface area contributed by atoms with Crippen LogP contribution in [0.2, 0.25) is 0 Å². The van der Waals surface area contributed by atoms with Crippen molar-refractivity contribution in [2.75, 3.05) is 0 Å².